The van der Waals surface area contributed by atoms with Crippen LogP contribution in [0.4, 0.5) is 0 Å². The molecule has 1 atom stereocenters. The van der Waals surface area contributed by atoms with E-state index in [1.54, 1.807) is 0 Å². The monoisotopic (exact) mass is 951 g/mol. The Morgan fingerprint density at radius 2 is 0.609 bits per heavy atom. The van der Waals surface area contributed by atoms with Crippen LogP contribution in [-0.2, 0) is 28.6 Å². The average Bonchev–Trinajstić information content (AvgIpc) is 3.35. The van der Waals surface area contributed by atoms with Gasteiger partial charge in [0.2, 0.25) is 0 Å². The number of allylic oxidation sites excluding steroid dienone is 24. The molecule has 0 fully saturated rings. The fourth-order valence-electron chi connectivity index (χ4n) is 6.72. The van der Waals surface area contributed by atoms with E-state index in [-0.39, 0.29) is 38.0 Å². The van der Waals surface area contributed by atoms with Crippen LogP contribution in [0.5, 0.6) is 0 Å². The van der Waals surface area contributed by atoms with Gasteiger partial charge in [-0.05, 0) is 128 Å². The lowest BCUT2D eigenvalue weighted by Crippen LogP contribution is -2.30. The van der Waals surface area contributed by atoms with Gasteiger partial charge in [0.05, 0.1) is 0 Å². The number of hydrogen-bond donors (Lipinski definition) is 0. The maximum absolute atomic E-state index is 12.8. The van der Waals surface area contributed by atoms with Gasteiger partial charge in [0, 0.05) is 19.3 Å². The Morgan fingerprint density at radius 3 is 1.01 bits per heavy atom. The van der Waals surface area contributed by atoms with Crippen LogP contribution in [0.25, 0.3) is 0 Å². The summed E-state index contributed by atoms with van der Waals surface area (Å²) in [5, 5.41) is 0. The van der Waals surface area contributed by atoms with E-state index in [0.717, 1.165) is 109 Å². The van der Waals surface area contributed by atoms with E-state index in [1.165, 1.54) is 51.4 Å². The topological polar surface area (TPSA) is 78.9 Å². The molecule has 0 unspecified atom stereocenters. The molecule has 0 aromatic heterocycles. The first-order valence-corrected chi connectivity index (χ1v) is 27.3. The van der Waals surface area contributed by atoms with E-state index >= 15 is 0 Å². The molecule has 0 aliphatic carbocycles. The number of unbranched alkanes of at least 4 members (excludes halogenated alkanes) is 12. The predicted molar refractivity (Wildman–Crippen MR) is 297 cm³/mol. The first kappa shape index (κ1) is 64.3. The third-order valence-electron chi connectivity index (χ3n) is 10.8. The molecule has 0 amide bonds. The van der Waals surface area contributed by atoms with E-state index in [0.29, 0.717) is 19.3 Å². The Balaban J connectivity index is 4.64. The molecule has 0 aromatic rings. The Morgan fingerprint density at radius 1 is 0.304 bits per heavy atom. The van der Waals surface area contributed by atoms with Crippen molar-refractivity contribution in [3.63, 3.8) is 0 Å². The second-order valence-corrected chi connectivity index (χ2v) is 17.4. The van der Waals surface area contributed by atoms with Gasteiger partial charge in [0.1, 0.15) is 13.2 Å². The smallest absolute Gasteiger partial charge is 0.306 e. The van der Waals surface area contributed by atoms with E-state index in [9.17, 15) is 14.4 Å². The first-order valence-electron chi connectivity index (χ1n) is 27.3. The quantitative estimate of drug-likeness (QED) is 0.0262. The van der Waals surface area contributed by atoms with Gasteiger partial charge in [-0.25, -0.2) is 0 Å². The summed E-state index contributed by atoms with van der Waals surface area (Å²) < 4.78 is 16.7. The molecular formula is C63H98O6. The summed E-state index contributed by atoms with van der Waals surface area (Å²) in [5.74, 6) is -1.10. The number of rotatable bonds is 47. The molecule has 0 saturated carbocycles. The van der Waals surface area contributed by atoms with Crippen LogP contribution < -0.4 is 0 Å². The Kier molecular flexibility index (Phi) is 52.1. The summed E-state index contributed by atoms with van der Waals surface area (Å²) in [5.41, 5.74) is 0. The van der Waals surface area contributed by atoms with Crippen molar-refractivity contribution in [2.45, 2.75) is 219 Å². The highest BCUT2D eigenvalue weighted by atomic mass is 16.6. The highest BCUT2D eigenvalue weighted by Crippen LogP contribution is 2.11. The average molecular weight is 951 g/mol. The summed E-state index contributed by atoms with van der Waals surface area (Å²) in [6.45, 7) is 6.33. The van der Waals surface area contributed by atoms with Gasteiger partial charge in [0.15, 0.2) is 6.10 Å². The zero-order valence-electron chi connectivity index (χ0n) is 44.0. The second kappa shape index (κ2) is 55.9. The second-order valence-electron chi connectivity index (χ2n) is 17.4. The maximum Gasteiger partial charge on any atom is 0.306 e. The zero-order chi connectivity index (χ0) is 50.0. The minimum absolute atomic E-state index is 0.136. The molecule has 0 bridgehead atoms. The van der Waals surface area contributed by atoms with Crippen molar-refractivity contribution >= 4 is 17.9 Å². The minimum atomic E-state index is -0.850. The summed E-state index contributed by atoms with van der Waals surface area (Å²) in [6, 6.07) is 0. The first-order chi connectivity index (χ1) is 34.0. The van der Waals surface area contributed by atoms with E-state index < -0.39 is 12.1 Å². The highest BCUT2D eigenvalue weighted by Gasteiger charge is 2.19. The van der Waals surface area contributed by atoms with Gasteiger partial charge in [-0.1, -0.05) is 212 Å². The van der Waals surface area contributed by atoms with Crippen LogP contribution in [0.2, 0.25) is 0 Å². The fraction of sp³-hybridized carbons (Fsp3) is 0.571. The Hall–Kier alpha value is -4.71. The van der Waals surface area contributed by atoms with Crippen molar-refractivity contribution in [2.75, 3.05) is 13.2 Å². The molecule has 69 heavy (non-hydrogen) atoms. The van der Waals surface area contributed by atoms with Crippen LogP contribution >= 0.6 is 0 Å². The summed E-state index contributed by atoms with van der Waals surface area (Å²) in [7, 11) is 0. The van der Waals surface area contributed by atoms with E-state index in [2.05, 4.69) is 154 Å². The van der Waals surface area contributed by atoms with Crippen LogP contribution in [0.1, 0.15) is 213 Å². The molecule has 0 rings (SSSR count). The van der Waals surface area contributed by atoms with Gasteiger partial charge >= 0.3 is 17.9 Å². The summed E-state index contributed by atoms with van der Waals surface area (Å²) in [6.07, 6.45) is 79.9. The molecule has 0 aromatic carbocycles. The number of hydrogen-bond acceptors (Lipinski definition) is 6. The minimum Gasteiger partial charge on any atom is -0.462 e. The normalized spacial score (nSPS) is 13.3. The Labute approximate surface area is 423 Å². The highest BCUT2D eigenvalue weighted by molar-refractivity contribution is 5.71. The summed E-state index contributed by atoms with van der Waals surface area (Å²) >= 11 is 0. The van der Waals surface area contributed by atoms with Crippen LogP contribution in [0.15, 0.2) is 146 Å². The molecule has 0 N–H and O–H groups in total. The largest absolute Gasteiger partial charge is 0.462 e. The van der Waals surface area contributed by atoms with Crippen molar-refractivity contribution in [1.29, 1.82) is 0 Å². The van der Waals surface area contributed by atoms with Gasteiger partial charge in [-0.2, -0.15) is 0 Å². The van der Waals surface area contributed by atoms with Gasteiger partial charge in [-0.3, -0.25) is 14.4 Å². The fourth-order valence-corrected chi connectivity index (χ4v) is 6.72. The van der Waals surface area contributed by atoms with Gasteiger partial charge in [-0.15, -0.1) is 0 Å². The molecule has 0 aliphatic heterocycles. The van der Waals surface area contributed by atoms with Crippen LogP contribution in [-0.4, -0.2) is 37.2 Å². The number of carbonyl (C=O) groups is 3. The van der Waals surface area contributed by atoms with E-state index in [4.69, 9.17) is 14.2 Å². The number of ether oxygens (including phenoxy) is 3. The van der Waals surface area contributed by atoms with Crippen molar-refractivity contribution in [1.82, 2.24) is 0 Å². The molecule has 0 heterocycles. The van der Waals surface area contributed by atoms with Crippen molar-refractivity contribution in [3.8, 4) is 0 Å². The third kappa shape index (κ3) is 54.1. The molecular weight excluding hydrogens is 853 g/mol. The van der Waals surface area contributed by atoms with E-state index in [1.807, 2.05) is 12.2 Å². The SMILES string of the molecule is CC/C=C/C/C=C/C/C=C/C/C=C/C/C=C/C/C=C/CCC(=O)OC[C@@H](COC(=O)CCCCCCC/C=C/C/C=C/CCCCC)OC(=O)CCC/C=C/C/C=C/C/C=C/C/C=C/CCCCC. The van der Waals surface area contributed by atoms with Crippen LogP contribution in [0, 0.1) is 0 Å². The van der Waals surface area contributed by atoms with Crippen molar-refractivity contribution < 1.29 is 28.6 Å². The lowest BCUT2D eigenvalue weighted by molar-refractivity contribution is -0.166. The van der Waals surface area contributed by atoms with Crippen molar-refractivity contribution in [2.24, 2.45) is 0 Å². The molecule has 386 valence electrons. The molecule has 6 nitrogen and oxygen atoms in total. The Bertz CT molecular complexity index is 1560. The van der Waals surface area contributed by atoms with Crippen LogP contribution in [0.3, 0.4) is 0 Å². The lowest BCUT2D eigenvalue weighted by Gasteiger charge is -2.18. The standard InChI is InChI=1S/C63H98O6/c1-4-7-10-13-16-19-22-25-28-30-31-33-35-38-41-44-47-50-53-56-62(65)68-59-60(58-67-61(64)55-52-49-46-43-40-37-34-27-24-21-18-15-12-9-6-3)69-63(66)57-54-51-48-45-42-39-36-32-29-26-23-20-17-14-11-8-5-2/h7,10,16-21,25-29,31,33-34,36,38-39,41,45,47-48,50,60H,4-6,8-9,11-15,22-24,30,32,35,37,40,42-44,46,49,51-59H2,1-3H3/b10-7+,19-16+,20-17+,21-18+,28-25+,29-26+,33-31+,34-27+,39-36+,41-38+,48-45+,50-47+/t60-/m1/s1. The number of esters is 3. The molecule has 0 radical (unpaired) electrons. The summed E-state index contributed by atoms with van der Waals surface area (Å²) in [4.78, 5) is 38.0. The molecule has 6 heteroatoms. The molecule has 0 spiro atoms. The lowest BCUT2D eigenvalue weighted by atomic mass is 10.1. The zero-order valence-corrected chi connectivity index (χ0v) is 44.0. The molecule has 0 aliphatic rings. The molecule has 0 saturated heterocycles. The van der Waals surface area contributed by atoms with Gasteiger partial charge in [0.25, 0.3) is 0 Å². The third-order valence-corrected chi connectivity index (χ3v) is 10.8. The predicted octanol–water partition coefficient (Wildman–Crippen LogP) is 18.4. The van der Waals surface area contributed by atoms with Crippen molar-refractivity contribution in [3.05, 3.63) is 146 Å². The maximum atomic E-state index is 12.8. The number of carbonyl (C=O) groups excluding carboxylic acids is 3. The van der Waals surface area contributed by atoms with Gasteiger partial charge < -0.3 is 14.2 Å².